The van der Waals surface area contributed by atoms with Crippen LogP contribution in [-0.2, 0) is 0 Å². The summed E-state index contributed by atoms with van der Waals surface area (Å²) in [5.74, 6) is 1.91. The van der Waals surface area contributed by atoms with Crippen LogP contribution in [0.3, 0.4) is 0 Å². The Hall–Kier alpha value is -0.0400. The lowest BCUT2D eigenvalue weighted by molar-refractivity contribution is 0.154. The maximum atomic E-state index is 3.99. The van der Waals surface area contributed by atoms with E-state index in [2.05, 4.69) is 33.0 Å². The van der Waals surface area contributed by atoms with Gasteiger partial charge in [0, 0.05) is 12.1 Å². The van der Waals surface area contributed by atoms with Crippen molar-refractivity contribution in [2.45, 2.75) is 97.6 Å². The molecule has 2 atom stereocenters. The van der Waals surface area contributed by atoms with Crippen molar-refractivity contribution in [3.63, 3.8) is 0 Å². The first-order valence-electron chi connectivity index (χ1n) is 8.71. The molecule has 1 N–H and O–H groups in total. The van der Waals surface area contributed by atoms with E-state index in [9.17, 15) is 0 Å². The van der Waals surface area contributed by atoms with Gasteiger partial charge >= 0.3 is 0 Å². The standard InChI is InChI=1S/C18H35N/c1-14-6-5-7-16(11-8-14)19-17-12-9-15(10-13-17)18(2,3)4/h14-17,19H,5-13H2,1-4H3. The second-order valence-corrected chi connectivity index (χ2v) is 8.39. The average molecular weight is 265 g/mol. The fraction of sp³-hybridized carbons (Fsp3) is 1.00. The number of nitrogens with one attached hydrogen (secondary N) is 1. The van der Waals surface area contributed by atoms with Gasteiger partial charge in [-0.1, -0.05) is 40.5 Å². The van der Waals surface area contributed by atoms with Gasteiger partial charge in [0.25, 0.3) is 0 Å². The molecular formula is C18H35N. The van der Waals surface area contributed by atoms with E-state index in [0.29, 0.717) is 5.41 Å². The fourth-order valence-corrected chi connectivity index (χ4v) is 4.11. The molecular weight excluding hydrogens is 230 g/mol. The van der Waals surface area contributed by atoms with Gasteiger partial charge in [-0.2, -0.15) is 0 Å². The van der Waals surface area contributed by atoms with Crippen molar-refractivity contribution in [2.24, 2.45) is 17.3 Å². The molecule has 0 aromatic carbocycles. The van der Waals surface area contributed by atoms with E-state index in [1.807, 2.05) is 0 Å². The maximum absolute atomic E-state index is 3.99. The predicted molar refractivity (Wildman–Crippen MR) is 84.4 cm³/mol. The summed E-state index contributed by atoms with van der Waals surface area (Å²) in [7, 11) is 0. The molecule has 1 nitrogen and oxygen atoms in total. The van der Waals surface area contributed by atoms with Gasteiger partial charge in [-0.25, -0.2) is 0 Å². The molecule has 19 heavy (non-hydrogen) atoms. The topological polar surface area (TPSA) is 12.0 Å². The third kappa shape index (κ3) is 4.77. The highest BCUT2D eigenvalue weighted by molar-refractivity contribution is 4.85. The second-order valence-electron chi connectivity index (χ2n) is 8.39. The fourth-order valence-electron chi connectivity index (χ4n) is 4.11. The molecule has 2 rings (SSSR count). The van der Waals surface area contributed by atoms with Gasteiger partial charge in [-0.3, -0.25) is 0 Å². The smallest absolute Gasteiger partial charge is 0.00698 e. The molecule has 0 spiro atoms. The van der Waals surface area contributed by atoms with Crippen LogP contribution in [0, 0.1) is 17.3 Å². The van der Waals surface area contributed by atoms with Crippen LogP contribution in [0.25, 0.3) is 0 Å². The molecule has 2 fully saturated rings. The van der Waals surface area contributed by atoms with Gasteiger partial charge in [0.2, 0.25) is 0 Å². The van der Waals surface area contributed by atoms with Crippen LogP contribution in [0.5, 0.6) is 0 Å². The third-order valence-corrected chi connectivity index (χ3v) is 5.68. The average Bonchev–Trinajstić information content (AvgIpc) is 2.54. The molecule has 2 aliphatic rings. The van der Waals surface area contributed by atoms with Gasteiger partial charge in [0.15, 0.2) is 0 Å². The van der Waals surface area contributed by atoms with Gasteiger partial charge in [0.1, 0.15) is 0 Å². The number of rotatable bonds is 2. The third-order valence-electron chi connectivity index (χ3n) is 5.68. The quantitative estimate of drug-likeness (QED) is 0.681. The summed E-state index contributed by atoms with van der Waals surface area (Å²) < 4.78 is 0. The summed E-state index contributed by atoms with van der Waals surface area (Å²) in [6.45, 7) is 9.67. The van der Waals surface area contributed by atoms with Crippen molar-refractivity contribution in [1.29, 1.82) is 0 Å². The molecule has 2 unspecified atom stereocenters. The summed E-state index contributed by atoms with van der Waals surface area (Å²) in [5, 5.41) is 3.99. The molecule has 0 saturated heterocycles. The summed E-state index contributed by atoms with van der Waals surface area (Å²) in [6.07, 6.45) is 12.9. The van der Waals surface area contributed by atoms with Gasteiger partial charge < -0.3 is 5.32 Å². The van der Waals surface area contributed by atoms with Crippen LogP contribution in [0.2, 0.25) is 0 Å². The molecule has 0 radical (unpaired) electrons. The molecule has 0 heterocycles. The van der Waals surface area contributed by atoms with Crippen LogP contribution < -0.4 is 5.32 Å². The normalized spacial score (nSPS) is 37.9. The Morgan fingerprint density at radius 1 is 0.737 bits per heavy atom. The Kier molecular flexibility index (Phi) is 5.34. The molecule has 0 aliphatic heterocycles. The summed E-state index contributed by atoms with van der Waals surface area (Å²) in [4.78, 5) is 0. The van der Waals surface area contributed by atoms with Crippen molar-refractivity contribution in [2.75, 3.05) is 0 Å². The minimum absolute atomic E-state index is 0.517. The lowest BCUT2D eigenvalue weighted by Gasteiger charge is -2.38. The van der Waals surface area contributed by atoms with Gasteiger partial charge in [-0.15, -0.1) is 0 Å². The van der Waals surface area contributed by atoms with Crippen molar-refractivity contribution in [1.82, 2.24) is 5.32 Å². The van der Waals surface area contributed by atoms with Gasteiger partial charge in [0.05, 0.1) is 0 Å². The lowest BCUT2D eigenvalue weighted by atomic mass is 9.71. The SMILES string of the molecule is CC1CCCC(NC2CCC(C(C)(C)C)CC2)CC1. The largest absolute Gasteiger partial charge is 0.311 e. The Balaban J connectivity index is 1.73. The van der Waals surface area contributed by atoms with Crippen molar-refractivity contribution < 1.29 is 0 Å². The predicted octanol–water partition coefficient (Wildman–Crippen LogP) is 5.15. The summed E-state index contributed by atoms with van der Waals surface area (Å²) >= 11 is 0. The highest BCUT2D eigenvalue weighted by atomic mass is 14.9. The molecule has 0 bridgehead atoms. The monoisotopic (exact) mass is 265 g/mol. The molecule has 0 amide bonds. The van der Waals surface area contributed by atoms with E-state index >= 15 is 0 Å². The van der Waals surface area contributed by atoms with E-state index < -0.39 is 0 Å². The van der Waals surface area contributed by atoms with E-state index in [4.69, 9.17) is 0 Å². The summed E-state index contributed by atoms with van der Waals surface area (Å²) in [6, 6.07) is 1.64. The Bertz CT molecular complexity index is 257. The van der Waals surface area contributed by atoms with E-state index in [-0.39, 0.29) is 0 Å². The molecule has 2 aliphatic carbocycles. The Morgan fingerprint density at radius 2 is 1.32 bits per heavy atom. The first kappa shape index (κ1) is 15.4. The minimum atomic E-state index is 0.517. The Labute approximate surface area is 120 Å². The van der Waals surface area contributed by atoms with E-state index in [1.54, 1.807) is 0 Å². The van der Waals surface area contributed by atoms with Crippen molar-refractivity contribution >= 4 is 0 Å². The lowest BCUT2D eigenvalue weighted by Crippen LogP contribution is -2.41. The molecule has 1 heteroatoms. The van der Waals surface area contributed by atoms with E-state index in [1.165, 1.54) is 57.8 Å². The zero-order valence-electron chi connectivity index (χ0n) is 13.7. The van der Waals surface area contributed by atoms with Crippen molar-refractivity contribution in [3.8, 4) is 0 Å². The van der Waals surface area contributed by atoms with E-state index in [0.717, 1.165) is 23.9 Å². The number of hydrogen-bond donors (Lipinski definition) is 1. The molecule has 0 aromatic rings. The maximum Gasteiger partial charge on any atom is 0.00698 e. The first-order chi connectivity index (χ1) is 8.95. The van der Waals surface area contributed by atoms with Crippen molar-refractivity contribution in [3.05, 3.63) is 0 Å². The number of hydrogen-bond acceptors (Lipinski definition) is 1. The Morgan fingerprint density at radius 3 is 1.95 bits per heavy atom. The minimum Gasteiger partial charge on any atom is -0.311 e. The highest BCUT2D eigenvalue weighted by Crippen LogP contribution is 2.38. The van der Waals surface area contributed by atoms with Gasteiger partial charge in [-0.05, 0) is 62.2 Å². The van der Waals surface area contributed by atoms with Crippen LogP contribution in [0.1, 0.15) is 85.5 Å². The van der Waals surface area contributed by atoms with Crippen LogP contribution >= 0.6 is 0 Å². The first-order valence-corrected chi connectivity index (χ1v) is 8.71. The summed E-state index contributed by atoms with van der Waals surface area (Å²) in [5.41, 5.74) is 0.517. The van der Waals surface area contributed by atoms with Crippen LogP contribution in [-0.4, -0.2) is 12.1 Å². The molecule has 2 saturated carbocycles. The zero-order chi connectivity index (χ0) is 13.9. The second kappa shape index (κ2) is 6.61. The van der Waals surface area contributed by atoms with Crippen LogP contribution in [0.4, 0.5) is 0 Å². The zero-order valence-corrected chi connectivity index (χ0v) is 13.7. The van der Waals surface area contributed by atoms with Crippen LogP contribution in [0.15, 0.2) is 0 Å². The highest BCUT2D eigenvalue weighted by Gasteiger charge is 2.30. The molecule has 0 aromatic heterocycles. The molecule has 112 valence electrons.